The summed E-state index contributed by atoms with van der Waals surface area (Å²) in [6.45, 7) is 10.4. The molecule has 3 saturated carbocycles. The molecule has 4 aliphatic carbocycles. The first-order valence-electron chi connectivity index (χ1n) is 12.5. The number of morpholine rings is 1. The predicted molar refractivity (Wildman–Crippen MR) is 120 cm³/mol. The molecule has 1 aliphatic heterocycles. The number of aldehydes is 1. The van der Waals surface area contributed by atoms with Gasteiger partial charge in [-0.1, -0.05) is 38.8 Å². The van der Waals surface area contributed by atoms with E-state index in [1.807, 2.05) is 6.92 Å². The SMILES string of the molecule is CC(C)C1=C[C@H]2C[C@@]3(C=O)[C@@H]4CC[C@@H](C)[C@H]4C[C@@]2(CO[C@H]2CN(C)C[C@@H](C)O2)[C@]13C(=O)O. The van der Waals surface area contributed by atoms with E-state index in [4.69, 9.17) is 9.47 Å². The lowest BCUT2D eigenvalue weighted by molar-refractivity contribution is -0.234. The van der Waals surface area contributed by atoms with Gasteiger partial charge in [0.1, 0.15) is 11.7 Å². The van der Waals surface area contributed by atoms with Gasteiger partial charge in [-0.2, -0.15) is 0 Å². The molecule has 0 aromatic carbocycles. The highest BCUT2D eigenvalue weighted by Crippen LogP contribution is 2.82. The molecule has 0 aromatic heterocycles. The van der Waals surface area contributed by atoms with Crippen LogP contribution in [0, 0.1) is 45.8 Å². The van der Waals surface area contributed by atoms with Crippen molar-refractivity contribution in [3.05, 3.63) is 11.6 Å². The molecule has 1 heterocycles. The highest BCUT2D eigenvalue weighted by Gasteiger charge is 2.84. The number of ether oxygens (including phenoxy) is 2. The zero-order valence-electron chi connectivity index (χ0n) is 20.2. The lowest BCUT2D eigenvalue weighted by Gasteiger charge is -2.58. The summed E-state index contributed by atoms with van der Waals surface area (Å²) in [7, 11) is 2.06. The molecule has 5 aliphatic rings. The van der Waals surface area contributed by atoms with Gasteiger partial charge >= 0.3 is 5.97 Å². The Morgan fingerprint density at radius 2 is 2.06 bits per heavy atom. The number of rotatable bonds is 6. The fraction of sp³-hybridized carbons (Fsp3) is 0.846. The fourth-order valence-corrected chi connectivity index (χ4v) is 9.08. The number of carbonyl (C=O) groups excluding carboxylic acids is 1. The number of nitrogens with zero attached hydrogens (tertiary/aromatic N) is 1. The standard InChI is InChI=1S/C26H39NO5/c1-15(2)21-8-18-9-24(13-28)20-7-6-16(3)19(20)10-25(18,26(21,24)23(29)30)14-31-22-12-27(5)11-17(4)32-22/h8,13,15-20,22H,6-7,9-12,14H2,1-5H3,(H,29,30)/t16-,17-,18+,19-,20-,22-,24-,25+,26+/m1/s1. The van der Waals surface area contributed by atoms with Gasteiger partial charge in [0, 0.05) is 18.5 Å². The Morgan fingerprint density at radius 3 is 2.69 bits per heavy atom. The number of hydrogen-bond acceptors (Lipinski definition) is 5. The minimum Gasteiger partial charge on any atom is -0.481 e. The van der Waals surface area contributed by atoms with E-state index in [0.717, 1.165) is 37.7 Å². The summed E-state index contributed by atoms with van der Waals surface area (Å²) in [6.07, 6.45) is 6.54. The van der Waals surface area contributed by atoms with Gasteiger partial charge in [-0.25, -0.2) is 0 Å². The molecule has 5 rings (SSSR count). The third-order valence-electron chi connectivity index (χ3n) is 10.1. The Bertz CT molecular complexity index is 830. The van der Waals surface area contributed by atoms with Crippen LogP contribution in [-0.2, 0) is 19.1 Å². The maximum atomic E-state index is 13.4. The van der Waals surface area contributed by atoms with Gasteiger partial charge in [0.2, 0.25) is 0 Å². The summed E-state index contributed by atoms with van der Waals surface area (Å²) in [5, 5.41) is 11.0. The van der Waals surface area contributed by atoms with Gasteiger partial charge in [0.05, 0.1) is 18.1 Å². The van der Waals surface area contributed by atoms with Crippen LogP contribution in [0.3, 0.4) is 0 Å². The molecule has 0 unspecified atom stereocenters. The van der Waals surface area contributed by atoms with E-state index in [1.54, 1.807) is 0 Å². The second-order valence-corrected chi connectivity index (χ2v) is 11.9. The number of hydrogen-bond donors (Lipinski definition) is 1. The highest BCUT2D eigenvalue weighted by molar-refractivity contribution is 5.90. The van der Waals surface area contributed by atoms with E-state index in [1.165, 1.54) is 0 Å². The van der Waals surface area contributed by atoms with Crippen molar-refractivity contribution in [3.8, 4) is 0 Å². The number of allylic oxidation sites excluding steroid dienone is 1. The van der Waals surface area contributed by atoms with E-state index in [9.17, 15) is 14.7 Å². The molecule has 1 saturated heterocycles. The van der Waals surface area contributed by atoms with Crippen molar-refractivity contribution in [1.29, 1.82) is 0 Å². The number of aliphatic carboxylic acids is 1. The zero-order valence-corrected chi connectivity index (χ0v) is 20.2. The van der Waals surface area contributed by atoms with E-state index in [-0.39, 0.29) is 30.1 Å². The Hall–Kier alpha value is -1.24. The zero-order chi connectivity index (χ0) is 23.1. The maximum Gasteiger partial charge on any atom is 0.315 e. The molecule has 9 atom stereocenters. The van der Waals surface area contributed by atoms with Crippen molar-refractivity contribution < 1.29 is 24.2 Å². The molecule has 32 heavy (non-hydrogen) atoms. The van der Waals surface area contributed by atoms with Gasteiger partial charge in [-0.3, -0.25) is 9.69 Å². The summed E-state index contributed by atoms with van der Waals surface area (Å²) in [6, 6.07) is 0. The first-order valence-corrected chi connectivity index (χ1v) is 12.5. The Morgan fingerprint density at radius 1 is 1.31 bits per heavy atom. The lowest BCUT2D eigenvalue weighted by Crippen LogP contribution is -2.64. The summed E-state index contributed by atoms with van der Waals surface area (Å²) in [5.41, 5.74) is -1.61. The summed E-state index contributed by atoms with van der Waals surface area (Å²) in [4.78, 5) is 28.6. The van der Waals surface area contributed by atoms with Crippen molar-refractivity contribution in [2.24, 2.45) is 45.8 Å². The molecule has 4 bridgehead atoms. The van der Waals surface area contributed by atoms with Crippen molar-refractivity contribution >= 4 is 12.3 Å². The van der Waals surface area contributed by atoms with Crippen LogP contribution in [0.4, 0.5) is 0 Å². The van der Waals surface area contributed by atoms with Crippen LogP contribution in [-0.4, -0.2) is 61.4 Å². The number of carboxylic acid groups (broad SMARTS) is 1. The summed E-state index contributed by atoms with van der Waals surface area (Å²) < 4.78 is 12.5. The van der Waals surface area contributed by atoms with Gasteiger partial charge in [-0.05, 0) is 62.8 Å². The van der Waals surface area contributed by atoms with Crippen LogP contribution in [0.5, 0.6) is 0 Å². The quantitative estimate of drug-likeness (QED) is 0.497. The minimum atomic E-state index is -1.17. The van der Waals surface area contributed by atoms with Crippen LogP contribution in [0.15, 0.2) is 11.6 Å². The van der Waals surface area contributed by atoms with E-state index in [0.29, 0.717) is 31.4 Å². The average Bonchev–Trinajstić information content (AvgIpc) is 3.29. The summed E-state index contributed by atoms with van der Waals surface area (Å²) in [5.74, 6) is 0.391. The van der Waals surface area contributed by atoms with Crippen LogP contribution in [0.1, 0.15) is 53.4 Å². The van der Waals surface area contributed by atoms with Crippen LogP contribution < -0.4 is 0 Å². The molecule has 6 heteroatoms. The summed E-state index contributed by atoms with van der Waals surface area (Å²) >= 11 is 0. The fourth-order valence-electron chi connectivity index (χ4n) is 9.08. The third kappa shape index (κ3) is 2.58. The van der Waals surface area contributed by atoms with Crippen molar-refractivity contribution in [2.45, 2.75) is 65.8 Å². The molecule has 0 spiro atoms. The third-order valence-corrected chi connectivity index (χ3v) is 10.1. The molecule has 0 aromatic rings. The lowest BCUT2D eigenvalue weighted by atomic mass is 9.43. The van der Waals surface area contributed by atoms with Crippen LogP contribution >= 0.6 is 0 Å². The second-order valence-electron chi connectivity index (χ2n) is 11.9. The van der Waals surface area contributed by atoms with Gasteiger partial charge < -0.3 is 19.4 Å². The van der Waals surface area contributed by atoms with E-state index in [2.05, 4.69) is 38.8 Å². The van der Waals surface area contributed by atoms with E-state index >= 15 is 0 Å². The van der Waals surface area contributed by atoms with Crippen molar-refractivity contribution in [1.82, 2.24) is 4.90 Å². The Kier molecular flexibility index (Phi) is 5.20. The van der Waals surface area contributed by atoms with Gasteiger partial charge in [-0.15, -0.1) is 0 Å². The second kappa shape index (κ2) is 7.38. The molecule has 0 amide bonds. The van der Waals surface area contributed by atoms with Gasteiger partial charge in [0.25, 0.3) is 0 Å². The monoisotopic (exact) mass is 445 g/mol. The van der Waals surface area contributed by atoms with Crippen molar-refractivity contribution in [2.75, 3.05) is 26.7 Å². The van der Waals surface area contributed by atoms with Gasteiger partial charge in [0.15, 0.2) is 6.29 Å². The largest absolute Gasteiger partial charge is 0.481 e. The number of fused-ring (bicyclic) bond motifs is 2. The average molecular weight is 446 g/mol. The predicted octanol–water partition coefficient (Wildman–Crippen LogP) is 3.60. The first kappa shape index (κ1) is 22.5. The Labute approximate surface area is 191 Å². The molecular weight excluding hydrogens is 406 g/mol. The van der Waals surface area contributed by atoms with Crippen LogP contribution in [0.25, 0.3) is 0 Å². The normalized spacial score (nSPS) is 49.9. The molecule has 1 N–H and O–H groups in total. The highest BCUT2D eigenvalue weighted by atomic mass is 16.7. The number of likely N-dealkylation sites (N-methyl/N-ethyl adjacent to an activating group) is 1. The smallest absolute Gasteiger partial charge is 0.315 e. The molecule has 0 radical (unpaired) electrons. The molecule has 178 valence electrons. The molecule has 4 fully saturated rings. The topological polar surface area (TPSA) is 76.1 Å². The Balaban J connectivity index is 1.60. The van der Waals surface area contributed by atoms with Crippen molar-refractivity contribution in [3.63, 3.8) is 0 Å². The molecule has 6 nitrogen and oxygen atoms in total. The van der Waals surface area contributed by atoms with Crippen LogP contribution in [0.2, 0.25) is 0 Å². The first-order chi connectivity index (χ1) is 15.1. The number of carboxylic acids is 1. The number of carbonyl (C=O) groups is 2. The maximum absolute atomic E-state index is 13.4. The minimum absolute atomic E-state index is 0.0674. The molecular formula is C26H39NO5. The van der Waals surface area contributed by atoms with E-state index < -0.39 is 22.2 Å².